The molecule has 0 saturated carbocycles. The quantitative estimate of drug-likeness (QED) is 0.212. The summed E-state index contributed by atoms with van der Waals surface area (Å²) in [4.78, 5) is 4.54. The molecule has 43 heavy (non-hydrogen) atoms. The van der Waals surface area contributed by atoms with E-state index >= 15 is 0 Å². The van der Waals surface area contributed by atoms with Crippen molar-refractivity contribution >= 4 is 34.1 Å². The van der Waals surface area contributed by atoms with Crippen molar-refractivity contribution in [2.75, 3.05) is 9.80 Å². The van der Waals surface area contributed by atoms with Crippen molar-refractivity contribution in [2.24, 2.45) is 0 Å². The average molecular weight is 555 g/mol. The van der Waals surface area contributed by atoms with Crippen molar-refractivity contribution in [3.05, 3.63) is 164 Å². The van der Waals surface area contributed by atoms with E-state index in [1.54, 1.807) is 0 Å². The maximum atomic E-state index is 9.26. The Morgan fingerprint density at radius 3 is 1.30 bits per heavy atom. The molecule has 2 heterocycles. The van der Waals surface area contributed by atoms with Crippen LogP contribution in [0.25, 0.3) is 28.5 Å². The van der Waals surface area contributed by atoms with Gasteiger partial charge in [0.05, 0.1) is 24.1 Å². The lowest BCUT2D eigenvalue weighted by atomic mass is 10.0. The Bertz CT molecular complexity index is 2040. The first kappa shape index (κ1) is 23.7. The van der Waals surface area contributed by atoms with E-state index in [1.807, 2.05) is 83.4 Å². The van der Waals surface area contributed by atoms with Crippen LogP contribution in [0.4, 0.5) is 34.1 Å². The van der Waals surface area contributed by atoms with Crippen LogP contribution in [0.3, 0.4) is 0 Å². The monoisotopic (exact) mass is 554 g/mol. The molecule has 0 spiro atoms. The second-order valence-electron chi connectivity index (χ2n) is 10.3. The van der Waals surface area contributed by atoms with Crippen molar-refractivity contribution in [1.29, 1.82) is 0 Å². The number of nitrogens with zero attached hydrogens (tertiary/aromatic N) is 5. The second-order valence-corrected chi connectivity index (χ2v) is 10.3. The zero-order valence-electron chi connectivity index (χ0n) is 24.2. The Balaban J connectivity index is 1.27. The van der Waals surface area contributed by atoms with Crippen LogP contribution in [0, 0.1) is 0 Å². The molecule has 204 valence electrons. The minimum Gasteiger partial charge on any atom is -0.306 e. The normalized spacial score (nSPS) is 12.4. The maximum absolute atomic E-state index is 9.26. The molecule has 0 aliphatic carbocycles. The summed E-state index contributed by atoms with van der Waals surface area (Å²) >= 11 is 0. The molecule has 0 unspecified atom stereocenters. The van der Waals surface area contributed by atoms with Gasteiger partial charge < -0.3 is 9.80 Å². The number of aromatic nitrogens is 3. The lowest BCUT2D eigenvalue weighted by molar-refractivity contribution is 1.07. The molecule has 0 fully saturated rings. The van der Waals surface area contributed by atoms with Gasteiger partial charge in [0.1, 0.15) is 0 Å². The standard InChI is InChI=1S/C38H27N5/c1-4-14-28(15-5-1)37-39-40-38(43(37)31-18-8-3-9-19-31)29-24-26-32(27-25-29)42-35-22-12-10-20-33(35)41(30-16-6-2-7-17-30)34-21-11-13-23-36(34)42/h1-27H/i24D. The first-order valence-electron chi connectivity index (χ1n) is 14.8. The predicted octanol–water partition coefficient (Wildman–Crippen LogP) is 9.85. The molecule has 5 nitrogen and oxygen atoms in total. The molecule has 5 heteroatoms. The number of anilines is 6. The Hall–Kier alpha value is -5.94. The lowest BCUT2D eigenvalue weighted by Gasteiger charge is -2.40. The zero-order chi connectivity index (χ0) is 29.5. The van der Waals surface area contributed by atoms with Crippen molar-refractivity contribution in [1.82, 2.24) is 14.8 Å². The third-order valence-corrected chi connectivity index (χ3v) is 7.75. The summed E-state index contributed by atoms with van der Waals surface area (Å²) < 4.78 is 11.3. The molecule has 8 rings (SSSR count). The highest BCUT2D eigenvalue weighted by Gasteiger charge is 2.30. The van der Waals surface area contributed by atoms with Gasteiger partial charge in [0.15, 0.2) is 11.6 Å². The van der Waals surface area contributed by atoms with E-state index < -0.39 is 0 Å². The van der Waals surface area contributed by atoms with Crippen molar-refractivity contribution in [3.8, 4) is 28.5 Å². The average Bonchev–Trinajstić information content (AvgIpc) is 3.53. The van der Waals surface area contributed by atoms with Crippen LogP contribution in [-0.2, 0) is 0 Å². The van der Waals surface area contributed by atoms with Crippen LogP contribution in [0.1, 0.15) is 1.37 Å². The number of hydrogen-bond acceptors (Lipinski definition) is 4. The van der Waals surface area contributed by atoms with Crippen LogP contribution in [0.15, 0.2) is 164 Å². The molecule has 1 aliphatic heterocycles. The number of rotatable bonds is 5. The molecule has 0 N–H and O–H groups in total. The fraction of sp³-hybridized carbons (Fsp3) is 0. The summed E-state index contributed by atoms with van der Waals surface area (Å²) in [5, 5.41) is 9.23. The lowest BCUT2D eigenvalue weighted by Crippen LogP contribution is -2.23. The van der Waals surface area contributed by atoms with Crippen molar-refractivity contribution in [2.45, 2.75) is 0 Å². The van der Waals surface area contributed by atoms with E-state index in [4.69, 9.17) is 0 Å². The Labute approximate surface area is 252 Å². The smallest absolute Gasteiger partial charge is 0.168 e. The van der Waals surface area contributed by atoms with E-state index in [2.05, 4.69) is 98.9 Å². The Morgan fingerprint density at radius 2 is 0.791 bits per heavy atom. The minimum atomic E-state index is 0.368. The van der Waals surface area contributed by atoms with Gasteiger partial charge in [-0.25, -0.2) is 0 Å². The largest absolute Gasteiger partial charge is 0.306 e. The van der Waals surface area contributed by atoms with E-state index in [0.29, 0.717) is 17.4 Å². The van der Waals surface area contributed by atoms with Crippen LogP contribution in [0.2, 0.25) is 0 Å². The van der Waals surface area contributed by atoms with Gasteiger partial charge in [-0.2, -0.15) is 0 Å². The molecule has 0 bridgehead atoms. The summed E-state index contributed by atoms with van der Waals surface area (Å²) in [6.07, 6.45) is 0. The topological polar surface area (TPSA) is 37.2 Å². The van der Waals surface area contributed by atoms with Gasteiger partial charge in [0, 0.05) is 28.2 Å². The molecule has 7 aromatic rings. The predicted molar refractivity (Wildman–Crippen MR) is 175 cm³/mol. The van der Waals surface area contributed by atoms with E-state index in [1.165, 1.54) is 0 Å². The second kappa shape index (κ2) is 10.5. The third kappa shape index (κ3) is 4.26. The van der Waals surface area contributed by atoms with E-state index in [9.17, 15) is 1.37 Å². The summed E-state index contributed by atoms with van der Waals surface area (Å²) in [7, 11) is 0. The Kier molecular flexibility index (Phi) is 5.78. The molecule has 0 saturated heterocycles. The minimum absolute atomic E-state index is 0.368. The van der Waals surface area contributed by atoms with Gasteiger partial charge in [0.2, 0.25) is 0 Å². The van der Waals surface area contributed by atoms with E-state index in [0.717, 1.165) is 51.2 Å². The highest BCUT2D eigenvalue weighted by Crippen LogP contribution is 2.53. The molecule has 1 aromatic heterocycles. The van der Waals surface area contributed by atoms with Crippen LogP contribution in [-0.4, -0.2) is 14.8 Å². The van der Waals surface area contributed by atoms with Crippen LogP contribution in [0.5, 0.6) is 0 Å². The van der Waals surface area contributed by atoms with Gasteiger partial charge >= 0.3 is 0 Å². The van der Waals surface area contributed by atoms with Gasteiger partial charge in [-0.15, -0.1) is 10.2 Å². The molecule has 0 atom stereocenters. The molecular weight excluding hydrogens is 526 g/mol. The molecule has 6 aromatic carbocycles. The zero-order valence-corrected chi connectivity index (χ0v) is 23.2. The van der Waals surface area contributed by atoms with Gasteiger partial charge in [-0.05, 0) is 72.8 Å². The van der Waals surface area contributed by atoms with E-state index in [-0.39, 0.29) is 0 Å². The summed E-state index contributed by atoms with van der Waals surface area (Å²) in [6, 6.07) is 53.7. The third-order valence-electron chi connectivity index (χ3n) is 7.75. The number of hydrogen-bond donors (Lipinski definition) is 0. The van der Waals surface area contributed by atoms with Gasteiger partial charge in [-0.3, -0.25) is 4.57 Å². The molecular formula is C38H27N5. The first-order chi connectivity index (χ1) is 21.8. The fourth-order valence-electron chi connectivity index (χ4n) is 5.83. The maximum Gasteiger partial charge on any atom is 0.168 e. The SMILES string of the molecule is [2H]c1cc(N2c3ccccc3N(c3ccccc3)c3ccccc32)ccc1-c1nnc(-c2ccccc2)n1-c1ccccc1. The molecule has 0 amide bonds. The fourth-order valence-corrected chi connectivity index (χ4v) is 5.83. The van der Waals surface area contributed by atoms with Gasteiger partial charge in [0.25, 0.3) is 0 Å². The summed E-state index contributed by atoms with van der Waals surface area (Å²) in [5.41, 5.74) is 8.84. The highest BCUT2D eigenvalue weighted by atomic mass is 15.3. The van der Waals surface area contributed by atoms with Crippen LogP contribution >= 0.6 is 0 Å². The highest BCUT2D eigenvalue weighted by molar-refractivity contribution is 6.01. The van der Waals surface area contributed by atoms with Crippen molar-refractivity contribution in [3.63, 3.8) is 0 Å². The number of para-hydroxylation sites is 6. The Morgan fingerprint density at radius 1 is 0.372 bits per heavy atom. The molecule has 0 radical (unpaired) electrons. The number of fused-ring (bicyclic) bond motifs is 2. The summed E-state index contributed by atoms with van der Waals surface area (Å²) in [6.45, 7) is 0. The van der Waals surface area contributed by atoms with Gasteiger partial charge in [-0.1, -0.05) is 91.0 Å². The molecule has 1 aliphatic rings. The number of benzene rings is 6. The van der Waals surface area contributed by atoms with Crippen molar-refractivity contribution < 1.29 is 1.37 Å². The van der Waals surface area contributed by atoms with Crippen LogP contribution < -0.4 is 9.80 Å². The summed E-state index contributed by atoms with van der Waals surface area (Å²) in [5.74, 6) is 1.36. The first-order valence-corrected chi connectivity index (χ1v) is 14.3.